The second kappa shape index (κ2) is 12.3. The monoisotopic (exact) mass is 552 g/mol. The highest BCUT2D eigenvalue weighted by Gasteiger charge is 2.34. The molecule has 12 heteroatoms. The fourth-order valence-corrected chi connectivity index (χ4v) is 3.11. The molecule has 0 radical (unpaired) electrons. The molecule has 172 valence electrons. The maximum atomic E-state index is 12.8. The van der Waals surface area contributed by atoms with Crippen molar-refractivity contribution in [2.45, 2.75) is 38.7 Å². The normalized spacial score (nSPS) is 17.6. The number of nitrogens with zero attached hydrogens (tertiary/aromatic N) is 2. The smallest absolute Gasteiger partial charge is 0.401 e. The quantitative estimate of drug-likeness (QED) is 0.224. The average Bonchev–Trinajstić information content (AvgIpc) is 3.05. The minimum atomic E-state index is -4.23. The lowest BCUT2D eigenvalue weighted by molar-refractivity contribution is -0.143. The van der Waals surface area contributed by atoms with Gasteiger partial charge in [0.15, 0.2) is 17.5 Å². The van der Waals surface area contributed by atoms with Crippen LogP contribution in [0.3, 0.4) is 0 Å². The van der Waals surface area contributed by atoms with Crippen LogP contribution in [-0.2, 0) is 6.54 Å². The number of hydrogen-bond acceptors (Lipinski definition) is 4. The van der Waals surface area contributed by atoms with Gasteiger partial charge in [-0.3, -0.25) is 9.89 Å². The van der Waals surface area contributed by atoms with Crippen LogP contribution in [0.15, 0.2) is 23.2 Å². The molecule has 1 heterocycles. The molecule has 0 amide bonds. The molecule has 30 heavy (non-hydrogen) atoms. The van der Waals surface area contributed by atoms with Crippen LogP contribution in [0.4, 0.5) is 22.0 Å². The fourth-order valence-electron chi connectivity index (χ4n) is 3.11. The number of aliphatic imine (C=N–C) groups is 1. The SMILES string of the molecule is CCOc1cccc(CNC(=NC)NC2CCN(CC(F)(F)F)C2)c1OC(F)F.I. The molecule has 0 spiro atoms. The average molecular weight is 552 g/mol. The van der Waals surface area contributed by atoms with Gasteiger partial charge in [-0.1, -0.05) is 12.1 Å². The second-order valence-electron chi connectivity index (χ2n) is 6.46. The summed E-state index contributed by atoms with van der Waals surface area (Å²) in [4.78, 5) is 5.37. The molecule has 2 rings (SSSR count). The number of alkyl halides is 5. The van der Waals surface area contributed by atoms with Crippen molar-refractivity contribution in [3.8, 4) is 11.5 Å². The van der Waals surface area contributed by atoms with Crippen molar-refractivity contribution in [3.63, 3.8) is 0 Å². The molecule has 1 aliphatic rings. The van der Waals surface area contributed by atoms with E-state index in [4.69, 9.17) is 4.74 Å². The summed E-state index contributed by atoms with van der Waals surface area (Å²) < 4.78 is 73.1. The highest BCUT2D eigenvalue weighted by Crippen LogP contribution is 2.32. The van der Waals surface area contributed by atoms with Gasteiger partial charge in [0, 0.05) is 38.3 Å². The first-order chi connectivity index (χ1) is 13.7. The summed E-state index contributed by atoms with van der Waals surface area (Å²) in [6.07, 6.45) is -3.70. The van der Waals surface area contributed by atoms with Gasteiger partial charge in [0.2, 0.25) is 0 Å². The van der Waals surface area contributed by atoms with Gasteiger partial charge < -0.3 is 20.1 Å². The molecule has 2 N–H and O–H groups in total. The molecule has 1 aromatic rings. The summed E-state index contributed by atoms with van der Waals surface area (Å²) in [7, 11) is 1.52. The predicted octanol–water partition coefficient (Wildman–Crippen LogP) is 3.61. The number of para-hydroxylation sites is 1. The molecule has 0 aromatic heterocycles. The Bertz CT molecular complexity index is 691. The summed E-state index contributed by atoms with van der Waals surface area (Å²) in [6, 6.07) is 4.60. The molecule has 1 atom stereocenters. The van der Waals surface area contributed by atoms with Gasteiger partial charge >= 0.3 is 12.8 Å². The summed E-state index contributed by atoms with van der Waals surface area (Å²) >= 11 is 0. The third-order valence-electron chi connectivity index (χ3n) is 4.25. The molecular weight excluding hydrogens is 526 g/mol. The number of rotatable bonds is 8. The topological polar surface area (TPSA) is 58.1 Å². The van der Waals surface area contributed by atoms with E-state index in [1.807, 2.05) is 0 Å². The Balaban J connectivity index is 0.00000450. The van der Waals surface area contributed by atoms with E-state index in [1.54, 1.807) is 19.1 Å². The number of hydrogen-bond donors (Lipinski definition) is 2. The van der Waals surface area contributed by atoms with Gasteiger partial charge in [0.05, 0.1) is 13.2 Å². The van der Waals surface area contributed by atoms with Crippen LogP contribution in [0, 0.1) is 0 Å². The van der Waals surface area contributed by atoms with Crippen molar-refractivity contribution in [2.24, 2.45) is 4.99 Å². The van der Waals surface area contributed by atoms with Crippen molar-refractivity contribution < 1.29 is 31.4 Å². The molecule has 1 unspecified atom stereocenters. The van der Waals surface area contributed by atoms with Gasteiger partial charge in [-0.25, -0.2) is 0 Å². The number of halogens is 6. The Kier molecular flexibility index (Phi) is 10.9. The maximum Gasteiger partial charge on any atom is 0.401 e. The van der Waals surface area contributed by atoms with Crippen LogP contribution in [0.25, 0.3) is 0 Å². The molecule has 1 fully saturated rings. The Morgan fingerprint density at radius 1 is 1.33 bits per heavy atom. The fraction of sp³-hybridized carbons (Fsp3) is 0.611. The van der Waals surface area contributed by atoms with Crippen LogP contribution in [0.2, 0.25) is 0 Å². The highest BCUT2D eigenvalue weighted by atomic mass is 127. The molecule has 0 bridgehead atoms. The molecule has 1 saturated heterocycles. The van der Waals surface area contributed by atoms with Crippen LogP contribution in [0.1, 0.15) is 18.9 Å². The zero-order chi connectivity index (χ0) is 21.4. The van der Waals surface area contributed by atoms with Gasteiger partial charge in [0.1, 0.15) is 0 Å². The van der Waals surface area contributed by atoms with E-state index >= 15 is 0 Å². The van der Waals surface area contributed by atoms with Crippen molar-refractivity contribution in [1.82, 2.24) is 15.5 Å². The zero-order valence-corrected chi connectivity index (χ0v) is 19.0. The minimum Gasteiger partial charge on any atom is -0.490 e. The van der Waals surface area contributed by atoms with Crippen molar-refractivity contribution >= 4 is 29.9 Å². The van der Waals surface area contributed by atoms with Crippen LogP contribution in [0.5, 0.6) is 11.5 Å². The van der Waals surface area contributed by atoms with E-state index < -0.39 is 19.3 Å². The lowest BCUT2D eigenvalue weighted by Crippen LogP contribution is -2.45. The van der Waals surface area contributed by atoms with E-state index in [0.29, 0.717) is 24.5 Å². The van der Waals surface area contributed by atoms with Gasteiger partial charge in [-0.05, 0) is 19.4 Å². The second-order valence-corrected chi connectivity index (χ2v) is 6.46. The molecule has 1 aromatic carbocycles. The van der Waals surface area contributed by atoms with E-state index in [1.165, 1.54) is 18.0 Å². The Morgan fingerprint density at radius 2 is 2.07 bits per heavy atom. The van der Waals surface area contributed by atoms with Crippen LogP contribution in [-0.4, -0.2) is 63.0 Å². The number of nitrogens with one attached hydrogen (secondary N) is 2. The first-order valence-corrected chi connectivity index (χ1v) is 9.17. The third kappa shape index (κ3) is 8.66. The summed E-state index contributed by atoms with van der Waals surface area (Å²) in [5.41, 5.74) is 0.435. The highest BCUT2D eigenvalue weighted by molar-refractivity contribution is 14.0. The van der Waals surface area contributed by atoms with Crippen molar-refractivity contribution in [3.05, 3.63) is 23.8 Å². The largest absolute Gasteiger partial charge is 0.490 e. The van der Waals surface area contributed by atoms with E-state index in [0.717, 1.165) is 0 Å². The molecule has 0 saturated carbocycles. The van der Waals surface area contributed by atoms with Gasteiger partial charge in [-0.15, -0.1) is 24.0 Å². The summed E-state index contributed by atoms with van der Waals surface area (Å²) in [6.45, 7) is -1.26. The third-order valence-corrected chi connectivity index (χ3v) is 4.25. The van der Waals surface area contributed by atoms with Crippen LogP contribution < -0.4 is 20.1 Å². The predicted molar refractivity (Wildman–Crippen MR) is 114 cm³/mol. The lowest BCUT2D eigenvalue weighted by atomic mass is 10.2. The van der Waals surface area contributed by atoms with E-state index in [9.17, 15) is 22.0 Å². The Hall–Kier alpha value is -1.57. The summed E-state index contributed by atoms with van der Waals surface area (Å²) in [5, 5.41) is 6.04. The number of ether oxygens (including phenoxy) is 2. The Labute approximate surface area is 189 Å². The standard InChI is InChI=1S/C18H25F5N4O2.HI/c1-3-28-14-6-4-5-12(15(14)29-16(19)20)9-25-17(24-2)26-13-7-8-27(10-13)11-18(21,22)23;/h4-6,13,16H,3,7-11H2,1-2H3,(H2,24,25,26);1H. The molecule has 1 aliphatic heterocycles. The number of likely N-dealkylation sites (tertiary alicyclic amines) is 1. The first-order valence-electron chi connectivity index (χ1n) is 9.17. The number of guanidine groups is 1. The lowest BCUT2D eigenvalue weighted by Gasteiger charge is -2.20. The molecule has 0 aliphatic carbocycles. The molecular formula is C18H26F5IN4O2. The Morgan fingerprint density at radius 3 is 2.67 bits per heavy atom. The van der Waals surface area contributed by atoms with E-state index in [-0.39, 0.29) is 61.2 Å². The molecule has 6 nitrogen and oxygen atoms in total. The van der Waals surface area contributed by atoms with Crippen molar-refractivity contribution in [2.75, 3.05) is 33.3 Å². The number of benzene rings is 1. The van der Waals surface area contributed by atoms with Crippen LogP contribution >= 0.6 is 24.0 Å². The maximum absolute atomic E-state index is 12.8. The first kappa shape index (κ1) is 26.5. The summed E-state index contributed by atoms with van der Waals surface area (Å²) in [5.74, 6) is 0.492. The van der Waals surface area contributed by atoms with Crippen molar-refractivity contribution in [1.29, 1.82) is 0 Å². The zero-order valence-electron chi connectivity index (χ0n) is 16.6. The van der Waals surface area contributed by atoms with Gasteiger partial charge in [-0.2, -0.15) is 22.0 Å². The van der Waals surface area contributed by atoms with Gasteiger partial charge in [0.25, 0.3) is 0 Å². The van der Waals surface area contributed by atoms with E-state index in [2.05, 4.69) is 20.4 Å². The minimum absolute atomic E-state index is 0.